The van der Waals surface area contributed by atoms with E-state index >= 15 is 0 Å². The third kappa shape index (κ3) is 2.72. The molecule has 2 atom stereocenters. The first kappa shape index (κ1) is 13.1. The summed E-state index contributed by atoms with van der Waals surface area (Å²) in [4.78, 5) is 13.5. The third-order valence-electron chi connectivity index (χ3n) is 3.80. The van der Waals surface area contributed by atoms with Crippen LogP contribution in [0.5, 0.6) is 0 Å². The van der Waals surface area contributed by atoms with Crippen molar-refractivity contribution in [3.63, 3.8) is 0 Å². The van der Waals surface area contributed by atoms with Crippen molar-refractivity contribution in [1.82, 2.24) is 4.90 Å². The van der Waals surface area contributed by atoms with Crippen LogP contribution in [0.3, 0.4) is 0 Å². The lowest BCUT2D eigenvalue weighted by Crippen LogP contribution is -2.46. The molecule has 1 aliphatic rings. The lowest BCUT2D eigenvalue weighted by Gasteiger charge is -2.39. The molecule has 3 heteroatoms. The molecule has 1 heterocycles. The highest BCUT2D eigenvalue weighted by Gasteiger charge is 2.33. The molecular weight excluding hydrogens is 226 g/mol. The summed E-state index contributed by atoms with van der Waals surface area (Å²) in [5, 5.41) is 9.36. The number of carbonyl (C=O) groups is 1. The van der Waals surface area contributed by atoms with Crippen LogP contribution < -0.4 is 0 Å². The normalized spacial score (nSPS) is 22.6. The van der Waals surface area contributed by atoms with E-state index in [9.17, 15) is 9.90 Å². The number of benzene rings is 1. The van der Waals surface area contributed by atoms with Gasteiger partial charge in [0.2, 0.25) is 0 Å². The van der Waals surface area contributed by atoms with E-state index in [0.717, 1.165) is 32.2 Å². The Balaban J connectivity index is 2.22. The van der Waals surface area contributed by atoms with Crippen LogP contribution >= 0.6 is 0 Å². The van der Waals surface area contributed by atoms with Crippen molar-refractivity contribution in [3.8, 4) is 0 Å². The minimum Gasteiger partial charge on any atom is -0.480 e. The first-order valence-electron chi connectivity index (χ1n) is 6.77. The highest BCUT2D eigenvalue weighted by atomic mass is 16.4. The lowest BCUT2D eigenvalue weighted by atomic mass is 9.95. The van der Waals surface area contributed by atoms with Crippen molar-refractivity contribution in [1.29, 1.82) is 0 Å². The second-order valence-electron chi connectivity index (χ2n) is 4.92. The Hall–Kier alpha value is -1.35. The van der Waals surface area contributed by atoms with Crippen LogP contribution in [0, 0.1) is 0 Å². The zero-order valence-corrected chi connectivity index (χ0v) is 10.9. The number of nitrogens with zero attached hydrogens (tertiary/aromatic N) is 1. The molecule has 0 saturated carbocycles. The van der Waals surface area contributed by atoms with Gasteiger partial charge in [-0.2, -0.15) is 0 Å². The van der Waals surface area contributed by atoms with Crippen molar-refractivity contribution < 1.29 is 9.90 Å². The van der Waals surface area contributed by atoms with E-state index in [1.54, 1.807) is 0 Å². The Kier molecular flexibility index (Phi) is 4.37. The highest BCUT2D eigenvalue weighted by molar-refractivity contribution is 5.73. The van der Waals surface area contributed by atoms with Gasteiger partial charge in [0, 0.05) is 6.04 Å². The van der Waals surface area contributed by atoms with Crippen LogP contribution in [0.2, 0.25) is 0 Å². The van der Waals surface area contributed by atoms with Gasteiger partial charge in [-0.1, -0.05) is 43.7 Å². The largest absolute Gasteiger partial charge is 0.480 e. The Morgan fingerprint density at radius 3 is 2.72 bits per heavy atom. The molecule has 1 aromatic carbocycles. The Morgan fingerprint density at radius 1 is 1.39 bits per heavy atom. The molecule has 98 valence electrons. The summed E-state index contributed by atoms with van der Waals surface area (Å²) < 4.78 is 0. The lowest BCUT2D eigenvalue weighted by molar-refractivity contribution is -0.146. The van der Waals surface area contributed by atoms with Gasteiger partial charge in [-0.25, -0.2) is 0 Å². The number of aliphatic carboxylic acids is 1. The van der Waals surface area contributed by atoms with Crippen molar-refractivity contribution >= 4 is 5.97 Å². The zero-order valence-electron chi connectivity index (χ0n) is 10.9. The van der Waals surface area contributed by atoms with Crippen LogP contribution in [0.25, 0.3) is 0 Å². The molecule has 0 spiro atoms. The molecule has 2 rings (SSSR count). The van der Waals surface area contributed by atoms with Gasteiger partial charge in [-0.15, -0.1) is 0 Å². The van der Waals surface area contributed by atoms with Crippen LogP contribution in [0.15, 0.2) is 30.3 Å². The second-order valence-corrected chi connectivity index (χ2v) is 4.92. The minimum atomic E-state index is -0.677. The molecule has 0 aromatic heterocycles. The van der Waals surface area contributed by atoms with Crippen molar-refractivity contribution in [2.24, 2.45) is 0 Å². The maximum atomic E-state index is 11.4. The molecule has 3 nitrogen and oxygen atoms in total. The third-order valence-corrected chi connectivity index (χ3v) is 3.80. The van der Waals surface area contributed by atoms with E-state index in [1.165, 1.54) is 5.56 Å². The monoisotopic (exact) mass is 247 g/mol. The van der Waals surface area contributed by atoms with Gasteiger partial charge in [-0.05, 0) is 31.4 Å². The van der Waals surface area contributed by atoms with E-state index < -0.39 is 5.97 Å². The highest BCUT2D eigenvalue weighted by Crippen LogP contribution is 2.30. The molecule has 1 aliphatic heterocycles. The molecule has 1 aromatic rings. The number of likely N-dealkylation sites (tertiary alicyclic amines) is 1. The smallest absolute Gasteiger partial charge is 0.320 e. The number of carboxylic acids is 1. The fraction of sp³-hybridized carbons (Fsp3) is 0.533. The molecule has 0 radical (unpaired) electrons. The predicted molar refractivity (Wildman–Crippen MR) is 71.5 cm³/mol. The molecule has 0 bridgehead atoms. The number of piperidine rings is 1. The van der Waals surface area contributed by atoms with Crippen LogP contribution in [0.1, 0.15) is 44.2 Å². The molecule has 0 aliphatic carbocycles. The summed E-state index contributed by atoms with van der Waals surface area (Å²) in [6.45, 7) is 3.02. The van der Waals surface area contributed by atoms with Gasteiger partial charge < -0.3 is 5.11 Å². The number of hydrogen-bond donors (Lipinski definition) is 1. The Bertz CT molecular complexity index is 391. The van der Waals surface area contributed by atoms with E-state index in [2.05, 4.69) is 24.0 Å². The maximum Gasteiger partial charge on any atom is 0.320 e. The molecule has 1 fully saturated rings. The zero-order chi connectivity index (χ0) is 13.0. The fourth-order valence-electron chi connectivity index (χ4n) is 2.93. The summed E-state index contributed by atoms with van der Waals surface area (Å²) in [6, 6.07) is 10.2. The van der Waals surface area contributed by atoms with E-state index in [4.69, 9.17) is 0 Å². The van der Waals surface area contributed by atoms with E-state index in [1.807, 2.05) is 18.2 Å². The van der Waals surface area contributed by atoms with Gasteiger partial charge in [0.25, 0.3) is 0 Å². The number of rotatable bonds is 4. The summed E-state index contributed by atoms with van der Waals surface area (Å²) >= 11 is 0. The molecule has 2 unspecified atom stereocenters. The SMILES string of the molecule is CCC(c1ccccc1)N1CCCCC1C(=O)O. The molecule has 1 saturated heterocycles. The molecule has 1 N–H and O–H groups in total. The van der Waals surface area contributed by atoms with Crippen molar-refractivity contribution in [2.75, 3.05) is 6.54 Å². The van der Waals surface area contributed by atoms with Crippen molar-refractivity contribution in [3.05, 3.63) is 35.9 Å². The topological polar surface area (TPSA) is 40.5 Å². The van der Waals surface area contributed by atoms with Crippen LogP contribution in [-0.2, 0) is 4.79 Å². The Labute approximate surface area is 108 Å². The Morgan fingerprint density at radius 2 is 2.11 bits per heavy atom. The number of carboxylic acid groups (broad SMARTS) is 1. The summed E-state index contributed by atoms with van der Waals surface area (Å²) in [6.07, 6.45) is 3.86. The maximum absolute atomic E-state index is 11.4. The van der Waals surface area contributed by atoms with E-state index in [-0.39, 0.29) is 12.1 Å². The van der Waals surface area contributed by atoms with Gasteiger partial charge >= 0.3 is 5.97 Å². The van der Waals surface area contributed by atoms with Crippen molar-refractivity contribution in [2.45, 2.75) is 44.7 Å². The first-order chi connectivity index (χ1) is 8.74. The summed E-state index contributed by atoms with van der Waals surface area (Å²) in [5.41, 5.74) is 1.23. The van der Waals surface area contributed by atoms with Gasteiger partial charge in [0.15, 0.2) is 0 Å². The summed E-state index contributed by atoms with van der Waals surface area (Å²) in [5.74, 6) is -0.677. The molecular formula is C15H21NO2. The average molecular weight is 247 g/mol. The standard InChI is InChI=1S/C15H21NO2/c1-2-13(12-8-4-3-5-9-12)16-11-7-6-10-14(16)15(17)18/h3-5,8-9,13-14H,2,6-7,10-11H2,1H3,(H,17,18). The number of hydrogen-bond acceptors (Lipinski definition) is 2. The van der Waals surface area contributed by atoms with Gasteiger partial charge in [0.1, 0.15) is 6.04 Å². The summed E-state index contributed by atoms with van der Waals surface area (Å²) in [7, 11) is 0. The quantitative estimate of drug-likeness (QED) is 0.889. The molecule has 18 heavy (non-hydrogen) atoms. The second kappa shape index (κ2) is 6.01. The van der Waals surface area contributed by atoms with E-state index in [0.29, 0.717) is 0 Å². The van der Waals surface area contributed by atoms with Crippen LogP contribution in [-0.4, -0.2) is 28.6 Å². The fourth-order valence-corrected chi connectivity index (χ4v) is 2.93. The van der Waals surface area contributed by atoms with Gasteiger partial charge in [-0.3, -0.25) is 9.69 Å². The average Bonchev–Trinajstić information content (AvgIpc) is 2.41. The van der Waals surface area contributed by atoms with Gasteiger partial charge in [0.05, 0.1) is 0 Å². The predicted octanol–water partition coefficient (Wildman–Crippen LogP) is 3.08. The minimum absolute atomic E-state index is 0.229. The van der Waals surface area contributed by atoms with Crippen LogP contribution in [0.4, 0.5) is 0 Å². The first-order valence-corrected chi connectivity index (χ1v) is 6.77. The molecule has 0 amide bonds.